The molecule has 0 aliphatic carbocycles. The first-order chi connectivity index (χ1) is 17.2. The van der Waals surface area contributed by atoms with Crippen LogP contribution in [-0.2, 0) is 6.42 Å². The Morgan fingerprint density at radius 3 is 1.34 bits per heavy atom. The van der Waals surface area contributed by atoms with E-state index in [1.54, 1.807) is 12.1 Å². The van der Waals surface area contributed by atoms with Gasteiger partial charge in [-0.3, -0.25) is 10.1 Å². The van der Waals surface area contributed by atoms with E-state index in [2.05, 4.69) is 29.3 Å². The molecule has 0 fully saturated rings. The second kappa shape index (κ2) is 18.7. The second-order valence-corrected chi connectivity index (χ2v) is 9.69. The summed E-state index contributed by atoms with van der Waals surface area (Å²) in [4.78, 5) is 10.3. The minimum absolute atomic E-state index is 0.0578. The SMILES string of the molecule is CCCCCCCCCCCCCCCCCCc1ccc(/N=N/c2ccc([N+](=O)[O-])cc2)cc1. The Balaban J connectivity index is 1.45. The first-order valence-corrected chi connectivity index (χ1v) is 13.9. The molecule has 2 rings (SSSR count). The number of non-ortho nitro benzene ring substituents is 1. The molecule has 0 N–H and O–H groups in total. The highest BCUT2D eigenvalue weighted by Gasteiger charge is 2.03. The average Bonchev–Trinajstić information content (AvgIpc) is 2.88. The maximum Gasteiger partial charge on any atom is 0.269 e. The van der Waals surface area contributed by atoms with Crippen LogP contribution < -0.4 is 0 Å². The van der Waals surface area contributed by atoms with Crippen LogP contribution in [0.25, 0.3) is 0 Å². The van der Waals surface area contributed by atoms with Crippen molar-refractivity contribution in [3.63, 3.8) is 0 Å². The molecule has 2 aromatic rings. The summed E-state index contributed by atoms with van der Waals surface area (Å²) in [6.45, 7) is 2.28. The lowest BCUT2D eigenvalue weighted by Gasteiger charge is -2.04. The lowest BCUT2D eigenvalue weighted by Crippen LogP contribution is -1.86. The average molecular weight is 480 g/mol. The van der Waals surface area contributed by atoms with Crippen molar-refractivity contribution in [3.05, 3.63) is 64.2 Å². The van der Waals surface area contributed by atoms with Crippen LogP contribution >= 0.6 is 0 Å². The van der Waals surface area contributed by atoms with E-state index in [1.165, 1.54) is 120 Å². The Kier molecular flexibility index (Phi) is 15.3. The molecule has 0 spiro atoms. The molecule has 192 valence electrons. The van der Waals surface area contributed by atoms with Crippen molar-refractivity contribution in [3.8, 4) is 0 Å². The summed E-state index contributed by atoms with van der Waals surface area (Å²) in [5.41, 5.74) is 2.79. The summed E-state index contributed by atoms with van der Waals surface area (Å²) in [5.74, 6) is 0. The number of benzene rings is 2. The van der Waals surface area contributed by atoms with E-state index >= 15 is 0 Å². The fraction of sp³-hybridized carbons (Fsp3) is 0.600. The highest BCUT2D eigenvalue weighted by Crippen LogP contribution is 2.22. The van der Waals surface area contributed by atoms with Crippen molar-refractivity contribution in [2.24, 2.45) is 10.2 Å². The van der Waals surface area contributed by atoms with Crippen LogP contribution in [0.2, 0.25) is 0 Å². The van der Waals surface area contributed by atoms with Gasteiger partial charge in [-0.05, 0) is 42.7 Å². The molecule has 0 unspecified atom stereocenters. The van der Waals surface area contributed by atoms with E-state index in [-0.39, 0.29) is 5.69 Å². The quantitative estimate of drug-likeness (QED) is 0.0820. The Hall–Kier alpha value is -2.56. The van der Waals surface area contributed by atoms with Gasteiger partial charge < -0.3 is 0 Å². The predicted octanol–water partition coefficient (Wildman–Crippen LogP) is 10.8. The van der Waals surface area contributed by atoms with Crippen molar-refractivity contribution in [2.75, 3.05) is 0 Å². The molecule has 0 atom stereocenters. The molecule has 0 aliphatic heterocycles. The summed E-state index contributed by atoms with van der Waals surface area (Å²) < 4.78 is 0. The second-order valence-electron chi connectivity index (χ2n) is 9.69. The van der Waals surface area contributed by atoms with Crippen LogP contribution in [0.3, 0.4) is 0 Å². The molecule has 0 saturated heterocycles. The van der Waals surface area contributed by atoms with Crippen LogP contribution in [-0.4, -0.2) is 4.92 Å². The zero-order valence-electron chi connectivity index (χ0n) is 21.8. The van der Waals surface area contributed by atoms with Crippen molar-refractivity contribution >= 4 is 17.1 Å². The molecule has 0 aromatic heterocycles. The van der Waals surface area contributed by atoms with E-state index in [0.717, 1.165) is 12.1 Å². The van der Waals surface area contributed by atoms with Gasteiger partial charge in [0.15, 0.2) is 0 Å². The summed E-state index contributed by atoms with van der Waals surface area (Å²) in [5, 5.41) is 19.1. The molecule has 0 radical (unpaired) electrons. The van der Waals surface area contributed by atoms with Gasteiger partial charge in [-0.25, -0.2) is 0 Å². The third-order valence-electron chi connectivity index (χ3n) is 6.60. The molecule has 35 heavy (non-hydrogen) atoms. The van der Waals surface area contributed by atoms with E-state index in [0.29, 0.717) is 5.69 Å². The molecule has 2 aromatic carbocycles. The molecule has 5 heteroatoms. The number of unbranched alkanes of at least 4 members (excludes halogenated alkanes) is 15. The molecule has 0 heterocycles. The first-order valence-electron chi connectivity index (χ1n) is 13.9. The fourth-order valence-corrected chi connectivity index (χ4v) is 4.36. The third kappa shape index (κ3) is 13.8. The van der Waals surface area contributed by atoms with E-state index < -0.39 is 4.92 Å². The Labute approximate surface area is 212 Å². The molecule has 0 aliphatic rings. The summed E-state index contributed by atoms with van der Waals surface area (Å²) in [6, 6.07) is 14.3. The van der Waals surface area contributed by atoms with Gasteiger partial charge >= 0.3 is 0 Å². The number of hydrogen-bond acceptors (Lipinski definition) is 4. The lowest BCUT2D eigenvalue weighted by atomic mass is 10.0. The van der Waals surface area contributed by atoms with Crippen LogP contribution in [0, 0.1) is 10.1 Å². The minimum atomic E-state index is -0.418. The van der Waals surface area contributed by atoms with Crippen molar-refractivity contribution in [1.82, 2.24) is 0 Å². The van der Waals surface area contributed by atoms with Crippen LogP contribution in [0.5, 0.6) is 0 Å². The minimum Gasteiger partial charge on any atom is -0.258 e. The summed E-state index contributed by atoms with van der Waals surface area (Å²) >= 11 is 0. The number of azo groups is 1. The number of nitro benzene ring substituents is 1. The number of aryl methyl sites for hydroxylation is 1. The lowest BCUT2D eigenvalue weighted by molar-refractivity contribution is -0.384. The van der Waals surface area contributed by atoms with Crippen molar-refractivity contribution in [2.45, 2.75) is 116 Å². The maximum absolute atomic E-state index is 10.7. The fourth-order valence-electron chi connectivity index (χ4n) is 4.36. The van der Waals surface area contributed by atoms with Crippen LogP contribution in [0.4, 0.5) is 17.1 Å². The van der Waals surface area contributed by atoms with Gasteiger partial charge in [0.25, 0.3) is 5.69 Å². The zero-order valence-corrected chi connectivity index (χ0v) is 21.8. The standard InChI is InChI=1S/C30H45N3O2/c1-2-3-4-5-6-7-8-9-10-11-12-13-14-15-16-17-18-27-19-21-28(22-20-27)31-32-29-23-25-30(26-24-29)33(34)35/h19-26H,2-18H2,1H3/b32-31+. The van der Waals surface area contributed by atoms with Gasteiger partial charge in [0.1, 0.15) is 0 Å². The Bertz CT molecular complexity index is 832. The van der Waals surface area contributed by atoms with Gasteiger partial charge in [0, 0.05) is 12.1 Å². The van der Waals surface area contributed by atoms with Gasteiger partial charge in [0.2, 0.25) is 0 Å². The van der Waals surface area contributed by atoms with Gasteiger partial charge in [-0.15, -0.1) is 0 Å². The number of rotatable bonds is 20. The van der Waals surface area contributed by atoms with Crippen LogP contribution in [0.15, 0.2) is 58.8 Å². The highest BCUT2D eigenvalue weighted by molar-refractivity contribution is 5.45. The molecule has 5 nitrogen and oxygen atoms in total. The number of nitro groups is 1. The zero-order chi connectivity index (χ0) is 25.0. The van der Waals surface area contributed by atoms with Crippen molar-refractivity contribution < 1.29 is 4.92 Å². The van der Waals surface area contributed by atoms with Gasteiger partial charge in [-0.2, -0.15) is 10.2 Å². The Morgan fingerprint density at radius 2 is 0.943 bits per heavy atom. The largest absolute Gasteiger partial charge is 0.269 e. The monoisotopic (exact) mass is 479 g/mol. The van der Waals surface area contributed by atoms with Crippen LogP contribution in [0.1, 0.15) is 115 Å². The normalized spacial score (nSPS) is 11.3. The Morgan fingerprint density at radius 1 is 0.571 bits per heavy atom. The molecular formula is C30H45N3O2. The molecule has 0 saturated carbocycles. The molecule has 0 amide bonds. The highest BCUT2D eigenvalue weighted by atomic mass is 16.6. The van der Waals surface area contributed by atoms with Crippen molar-refractivity contribution in [1.29, 1.82) is 0 Å². The molecule has 0 bridgehead atoms. The number of hydrogen-bond donors (Lipinski definition) is 0. The smallest absolute Gasteiger partial charge is 0.258 e. The van der Waals surface area contributed by atoms with E-state index in [4.69, 9.17) is 0 Å². The number of nitrogens with zero attached hydrogens (tertiary/aromatic N) is 3. The summed E-state index contributed by atoms with van der Waals surface area (Å²) in [7, 11) is 0. The van der Waals surface area contributed by atoms with Gasteiger partial charge in [0.05, 0.1) is 16.3 Å². The predicted molar refractivity (Wildman–Crippen MR) is 147 cm³/mol. The van der Waals surface area contributed by atoms with E-state index in [1.807, 2.05) is 12.1 Å². The topological polar surface area (TPSA) is 67.9 Å². The first kappa shape index (κ1) is 28.7. The van der Waals surface area contributed by atoms with E-state index in [9.17, 15) is 10.1 Å². The third-order valence-corrected chi connectivity index (χ3v) is 6.60. The van der Waals surface area contributed by atoms with Gasteiger partial charge in [-0.1, -0.05) is 115 Å². The summed E-state index contributed by atoms with van der Waals surface area (Å²) in [6.07, 6.45) is 23.4. The molecular weight excluding hydrogens is 434 g/mol. The maximum atomic E-state index is 10.7.